The summed E-state index contributed by atoms with van der Waals surface area (Å²) in [6, 6.07) is 3.82. The van der Waals surface area contributed by atoms with Crippen molar-refractivity contribution in [2.75, 3.05) is 14.1 Å². The Morgan fingerprint density at radius 1 is 1.50 bits per heavy atom. The summed E-state index contributed by atoms with van der Waals surface area (Å²) in [5, 5.41) is 19.6. The smallest absolute Gasteiger partial charge is 0.270 e. The number of hydrogen-bond acceptors (Lipinski definition) is 4. The van der Waals surface area contributed by atoms with E-state index in [1.807, 2.05) is 0 Å². The molecule has 86 valence electrons. The summed E-state index contributed by atoms with van der Waals surface area (Å²) in [6.45, 7) is -0.326. The summed E-state index contributed by atoms with van der Waals surface area (Å²) >= 11 is 0. The lowest BCUT2D eigenvalue weighted by Crippen LogP contribution is -2.23. The molecule has 1 N–H and O–H groups in total. The van der Waals surface area contributed by atoms with Crippen LogP contribution in [0.1, 0.15) is 15.9 Å². The van der Waals surface area contributed by atoms with E-state index in [4.69, 9.17) is 5.11 Å². The van der Waals surface area contributed by atoms with Gasteiger partial charge in [-0.3, -0.25) is 14.9 Å². The third-order valence-electron chi connectivity index (χ3n) is 2.11. The third kappa shape index (κ3) is 2.34. The molecule has 1 amide bonds. The number of non-ortho nitro benzene ring substituents is 1. The van der Waals surface area contributed by atoms with Gasteiger partial charge in [0.1, 0.15) is 0 Å². The molecule has 0 radical (unpaired) electrons. The fourth-order valence-electron chi connectivity index (χ4n) is 1.26. The van der Waals surface area contributed by atoms with Gasteiger partial charge < -0.3 is 10.0 Å². The number of nitrogens with zero attached hydrogens (tertiary/aromatic N) is 2. The molecule has 1 rings (SSSR count). The second-order valence-electron chi connectivity index (χ2n) is 3.46. The van der Waals surface area contributed by atoms with Crippen molar-refractivity contribution in [1.82, 2.24) is 4.90 Å². The number of amides is 1. The first-order chi connectivity index (χ1) is 7.47. The molecule has 1 aromatic carbocycles. The maximum Gasteiger partial charge on any atom is 0.270 e. The van der Waals surface area contributed by atoms with Crippen LogP contribution in [0.5, 0.6) is 0 Å². The highest BCUT2D eigenvalue weighted by atomic mass is 16.6. The van der Waals surface area contributed by atoms with Gasteiger partial charge in [0.2, 0.25) is 0 Å². The van der Waals surface area contributed by atoms with Crippen molar-refractivity contribution in [3.05, 3.63) is 39.4 Å². The van der Waals surface area contributed by atoms with Crippen LogP contribution in [0.15, 0.2) is 18.2 Å². The van der Waals surface area contributed by atoms with E-state index in [0.29, 0.717) is 5.56 Å². The maximum atomic E-state index is 11.7. The van der Waals surface area contributed by atoms with Gasteiger partial charge in [-0.1, -0.05) is 0 Å². The van der Waals surface area contributed by atoms with Gasteiger partial charge in [-0.25, -0.2) is 0 Å². The highest BCUT2D eigenvalue weighted by molar-refractivity contribution is 5.96. The van der Waals surface area contributed by atoms with Gasteiger partial charge in [-0.2, -0.15) is 0 Å². The van der Waals surface area contributed by atoms with E-state index in [1.165, 1.54) is 23.1 Å². The molecular weight excluding hydrogens is 212 g/mol. The number of rotatable bonds is 3. The van der Waals surface area contributed by atoms with Gasteiger partial charge in [0.15, 0.2) is 0 Å². The monoisotopic (exact) mass is 224 g/mol. The third-order valence-corrected chi connectivity index (χ3v) is 2.11. The molecular formula is C10H12N2O4. The highest BCUT2D eigenvalue weighted by Crippen LogP contribution is 2.19. The van der Waals surface area contributed by atoms with E-state index in [9.17, 15) is 14.9 Å². The van der Waals surface area contributed by atoms with Crippen LogP contribution in [0.3, 0.4) is 0 Å². The predicted octanol–water partition coefficient (Wildman–Crippen LogP) is 0.789. The number of aliphatic hydroxyl groups is 1. The van der Waals surface area contributed by atoms with Crippen molar-refractivity contribution >= 4 is 11.6 Å². The van der Waals surface area contributed by atoms with E-state index in [2.05, 4.69) is 0 Å². The van der Waals surface area contributed by atoms with Crippen LogP contribution >= 0.6 is 0 Å². The van der Waals surface area contributed by atoms with Gasteiger partial charge in [-0.05, 0) is 11.6 Å². The number of benzene rings is 1. The largest absolute Gasteiger partial charge is 0.392 e. The van der Waals surface area contributed by atoms with Crippen molar-refractivity contribution in [1.29, 1.82) is 0 Å². The van der Waals surface area contributed by atoms with Crippen LogP contribution in [-0.4, -0.2) is 34.9 Å². The van der Waals surface area contributed by atoms with Gasteiger partial charge in [0.05, 0.1) is 17.1 Å². The van der Waals surface area contributed by atoms with Crippen molar-refractivity contribution in [2.24, 2.45) is 0 Å². The molecule has 0 aliphatic carbocycles. The van der Waals surface area contributed by atoms with Gasteiger partial charge in [0.25, 0.3) is 11.6 Å². The van der Waals surface area contributed by atoms with Gasteiger partial charge >= 0.3 is 0 Å². The van der Waals surface area contributed by atoms with Crippen LogP contribution in [0.4, 0.5) is 5.69 Å². The highest BCUT2D eigenvalue weighted by Gasteiger charge is 2.17. The van der Waals surface area contributed by atoms with Gasteiger partial charge in [0, 0.05) is 26.2 Å². The van der Waals surface area contributed by atoms with Crippen LogP contribution in [0.2, 0.25) is 0 Å². The molecule has 0 aromatic heterocycles. The van der Waals surface area contributed by atoms with Crippen LogP contribution in [0.25, 0.3) is 0 Å². The molecule has 6 nitrogen and oxygen atoms in total. The fraction of sp³-hybridized carbons (Fsp3) is 0.300. The fourth-order valence-corrected chi connectivity index (χ4v) is 1.26. The first-order valence-electron chi connectivity index (χ1n) is 4.57. The van der Waals surface area contributed by atoms with Crippen LogP contribution < -0.4 is 0 Å². The summed E-state index contributed by atoms with van der Waals surface area (Å²) in [6.07, 6.45) is 0. The standard InChI is InChI=1S/C10H12N2O4/c1-11(2)10(14)9-5-8(12(15)16)4-3-7(9)6-13/h3-5,13H,6H2,1-2H3. The van der Waals surface area contributed by atoms with Crippen LogP contribution in [0, 0.1) is 10.1 Å². The van der Waals surface area contributed by atoms with E-state index in [0.717, 1.165) is 0 Å². The minimum atomic E-state index is -0.576. The Morgan fingerprint density at radius 3 is 2.56 bits per heavy atom. The zero-order valence-electron chi connectivity index (χ0n) is 9.01. The first-order valence-corrected chi connectivity index (χ1v) is 4.57. The Hall–Kier alpha value is -1.95. The Labute approximate surface area is 92.3 Å². The SMILES string of the molecule is CN(C)C(=O)c1cc([N+](=O)[O-])ccc1CO. The molecule has 0 fully saturated rings. The molecule has 0 heterocycles. The summed E-state index contributed by atoms with van der Waals surface area (Å²) in [5.74, 6) is -0.368. The molecule has 0 saturated heterocycles. The quantitative estimate of drug-likeness (QED) is 0.607. The lowest BCUT2D eigenvalue weighted by molar-refractivity contribution is -0.384. The molecule has 0 unspecified atom stereocenters. The number of hydrogen-bond donors (Lipinski definition) is 1. The Bertz CT molecular complexity index is 429. The first kappa shape index (κ1) is 12.1. The van der Waals surface area contributed by atoms with E-state index >= 15 is 0 Å². The molecule has 0 spiro atoms. The predicted molar refractivity (Wildman–Crippen MR) is 57.0 cm³/mol. The molecule has 1 aromatic rings. The van der Waals surface area contributed by atoms with E-state index < -0.39 is 4.92 Å². The number of carbonyl (C=O) groups excluding carboxylic acids is 1. The number of aliphatic hydroxyl groups excluding tert-OH is 1. The number of carbonyl (C=O) groups is 1. The molecule has 0 atom stereocenters. The average Bonchev–Trinajstić information content (AvgIpc) is 2.26. The second-order valence-corrected chi connectivity index (χ2v) is 3.46. The van der Waals surface area contributed by atoms with Crippen molar-refractivity contribution in [3.8, 4) is 0 Å². The molecule has 16 heavy (non-hydrogen) atoms. The lowest BCUT2D eigenvalue weighted by Gasteiger charge is -2.12. The Kier molecular flexibility index (Phi) is 3.57. The average molecular weight is 224 g/mol. The molecule has 0 saturated carbocycles. The molecule has 0 aliphatic heterocycles. The van der Waals surface area contributed by atoms with E-state index in [-0.39, 0.29) is 23.8 Å². The Morgan fingerprint density at radius 2 is 2.12 bits per heavy atom. The zero-order valence-corrected chi connectivity index (χ0v) is 9.01. The Balaban J connectivity index is 3.27. The minimum absolute atomic E-state index is 0.154. The van der Waals surface area contributed by atoms with Crippen molar-refractivity contribution in [2.45, 2.75) is 6.61 Å². The number of nitro benzene ring substituents is 1. The van der Waals surface area contributed by atoms with E-state index in [1.54, 1.807) is 14.1 Å². The molecule has 0 bridgehead atoms. The zero-order chi connectivity index (χ0) is 12.3. The summed E-state index contributed by atoms with van der Waals surface area (Å²) in [7, 11) is 3.09. The van der Waals surface area contributed by atoms with Gasteiger partial charge in [-0.15, -0.1) is 0 Å². The van der Waals surface area contributed by atoms with Crippen molar-refractivity contribution in [3.63, 3.8) is 0 Å². The summed E-state index contributed by atoms with van der Waals surface area (Å²) < 4.78 is 0. The summed E-state index contributed by atoms with van der Waals surface area (Å²) in [4.78, 5) is 23.0. The van der Waals surface area contributed by atoms with Crippen LogP contribution in [-0.2, 0) is 6.61 Å². The maximum absolute atomic E-state index is 11.7. The molecule has 0 aliphatic rings. The topological polar surface area (TPSA) is 83.7 Å². The minimum Gasteiger partial charge on any atom is -0.392 e. The van der Waals surface area contributed by atoms with Crippen molar-refractivity contribution < 1.29 is 14.8 Å². The normalized spacial score (nSPS) is 9.94. The number of nitro groups is 1. The molecule has 6 heteroatoms. The lowest BCUT2D eigenvalue weighted by atomic mass is 10.1. The second kappa shape index (κ2) is 4.71. The summed E-state index contributed by atoms with van der Waals surface area (Å²) in [5.41, 5.74) is 0.369.